The van der Waals surface area contributed by atoms with Crippen LogP contribution in [0.5, 0.6) is 0 Å². The van der Waals surface area contributed by atoms with Gasteiger partial charge in [-0.25, -0.2) is 13.2 Å². The van der Waals surface area contributed by atoms with Crippen LogP contribution >= 0.6 is 0 Å². The van der Waals surface area contributed by atoms with Gasteiger partial charge >= 0.3 is 6.03 Å². The Morgan fingerprint density at radius 3 is 2.38 bits per heavy atom. The summed E-state index contributed by atoms with van der Waals surface area (Å²) >= 11 is 0. The summed E-state index contributed by atoms with van der Waals surface area (Å²) in [5.74, 6) is -0.412. The van der Waals surface area contributed by atoms with Gasteiger partial charge in [-0.3, -0.25) is 4.79 Å². The van der Waals surface area contributed by atoms with E-state index < -0.39 is 27.8 Å². The van der Waals surface area contributed by atoms with Crippen molar-refractivity contribution in [2.45, 2.75) is 43.5 Å². The number of aromatic nitrogens is 4. The van der Waals surface area contributed by atoms with Crippen LogP contribution < -0.4 is 16.4 Å². The van der Waals surface area contributed by atoms with Gasteiger partial charge in [0, 0.05) is 11.3 Å². The van der Waals surface area contributed by atoms with E-state index in [4.69, 9.17) is 5.73 Å². The predicted molar refractivity (Wildman–Crippen MR) is 149 cm³/mol. The number of primary amides is 1. The molecule has 1 aliphatic rings. The summed E-state index contributed by atoms with van der Waals surface area (Å²) in [4.78, 5) is 25.6. The largest absolute Gasteiger partial charge is 0.366 e. The van der Waals surface area contributed by atoms with Gasteiger partial charge in [-0.2, -0.15) is 5.21 Å². The minimum absolute atomic E-state index is 0.0641. The van der Waals surface area contributed by atoms with E-state index in [0.717, 1.165) is 16.7 Å². The number of hydrogen-bond acceptors (Lipinski definition) is 7. The number of sulfone groups is 1. The van der Waals surface area contributed by atoms with Crippen LogP contribution in [0.3, 0.4) is 0 Å². The van der Waals surface area contributed by atoms with E-state index in [9.17, 15) is 18.0 Å². The molecule has 1 aliphatic heterocycles. The molecule has 4 aromatic rings. The molecule has 11 nitrogen and oxygen atoms in total. The first-order chi connectivity index (χ1) is 18.9. The zero-order valence-electron chi connectivity index (χ0n) is 22.2. The molecule has 12 heteroatoms. The van der Waals surface area contributed by atoms with Gasteiger partial charge in [0.05, 0.1) is 22.3 Å². The first kappa shape index (κ1) is 27.0. The number of carbonyl (C=O) groups is 2. The highest BCUT2D eigenvalue weighted by Crippen LogP contribution is 2.31. The van der Waals surface area contributed by atoms with Gasteiger partial charge < -0.3 is 16.4 Å². The molecule has 0 spiro atoms. The van der Waals surface area contributed by atoms with E-state index in [1.165, 1.54) is 6.07 Å². The van der Waals surface area contributed by atoms with Gasteiger partial charge in [0.15, 0.2) is 9.84 Å². The maximum atomic E-state index is 13.3. The molecule has 5 N–H and O–H groups in total. The molecule has 1 unspecified atom stereocenters. The van der Waals surface area contributed by atoms with E-state index in [2.05, 4.69) is 52.0 Å². The fourth-order valence-electron chi connectivity index (χ4n) is 4.73. The van der Waals surface area contributed by atoms with Gasteiger partial charge in [0.25, 0.3) is 0 Å². The molecule has 0 saturated heterocycles. The van der Waals surface area contributed by atoms with Crippen LogP contribution in [-0.2, 0) is 21.7 Å². The van der Waals surface area contributed by atoms with Crippen molar-refractivity contribution in [3.8, 4) is 11.4 Å². The summed E-state index contributed by atoms with van der Waals surface area (Å²) in [6.07, 6.45) is 0.459. The number of amides is 3. The molecule has 5 rings (SSSR count). The monoisotopic (exact) mass is 559 g/mol. The lowest BCUT2D eigenvalue weighted by atomic mass is 9.85. The lowest BCUT2D eigenvalue weighted by Gasteiger charge is -2.24. The third-order valence-electron chi connectivity index (χ3n) is 6.91. The van der Waals surface area contributed by atoms with Crippen LogP contribution in [0.1, 0.15) is 59.4 Å². The van der Waals surface area contributed by atoms with Crippen molar-refractivity contribution in [3.05, 3.63) is 88.5 Å². The predicted octanol–water partition coefficient (Wildman–Crippen LogP) is 3.50. The summed E-state index contributed by atoms with van der Waals surface area (Å²) in [5.41, 5.74) is 9.74. The van der Waals surface area contributed by atoms with Crippen LogP contribution in [0.2, 0.25) is 0 Å². The van der Waals surface area contributed by atoms with Gasteiger partial charge in [0.1, 0.15) is 0 Å². The van der Waals surface area contributed by atoms with E-state index in [1.807, 2.05) is 24.3 Å². The molecule has 206 valence electrons. The van der Waals surface area contributed by atoms with Crippen LogP contribution in [-0.4, -0.2) is 46.7 Å². The highest BCUT2D eigenvalue weighted by atomic mass is 32.2. The number of aromatic amines is 1. The summed E-state index contributed by atoms with van der Waals surface area (Å²) in [6.45, 7) is 6.34. The maximum absolute atomic E-state index is 13.3. The molecule has 0 radical (unpaired) electrons. The number of urea groups is 1. The number of hydrogen-bond donors (Lipinski definition) is 4. The minimum Gasteiger partial charge on any atom is -0.366 e. The topological polar surface area (TPSA) is 173 Å². The standard InChI is InChI=1S/C28H29N7O4S/c1-28(2,3)19-8-4-17(5-9-19)24(18-7-11-21(25(29)36)22(14-18)26-32-34-35-33-26)31-27(37)30-20-10-6-16-12-13-40(38,39)23(16)15-20/h4-11,14-15,24H,12-13H2,1-3H3,(H2,29,36)(H2,30,31,37)(H,32,33,34,35). The van der Waals surface area contributed by atoms with E-state index in [1.54, 1.807) is 30.3 Å². The molecule has 0 aliphatic carbocycles. The zero-order chi connectivity index (χ0) is 28.7. The highest BCUT2D eigenvalue weighted by molar-refractivity contribution is 7.91. The van der Waals surface area contributed by atoms with Crippen molar-refractivity contribution in [2.24, 2.45) is 5.73 Å². The molecule has 0 bridgehead atoms. The molecular weight excluding hydrogens is 530 g/mol. The summed E-state index contributed by atoms with van der Waals surface area (Å²) in [6, 6.07) is 16.5. The second-order valence-corrected chi connectivity index (χ2v) is 12.8. The quantitative estimate of drug-likeness (QED) is 0.280. The summed E-state index contributed by atoms with van der Waals surface area (Å²) in [7, 11) is -3.36. The van der Waals surface area contributed by atoms with E-state index in [-0.39, 0.29) is 27.5 Å². The minimum atomic E-state index is -3.36. The van der Waals surface area contributed by atoms with Gasteiger partial charge in [0.2, 0.25) is 11.7 Å². The lowest BCUT2D eigenvalue weighted by molar-refractivity contribution is 0.100. The molecule has 1 atom stereocenters. The zero-order valence-corrected chi connectivity index (χ0v) is 23.0. The normalized spacial score (nSPS) is 14.8. The third kappa shape index (κ3) is 5.43. The first-order valence-corrected chi connectivity index (χ1v) is 14.3. The number of rotatable bonds is 6. The first-order valence-electron chi connectivity index (χ1n) is 12.6. The number of nitrogens with two attached hydrogens (primary N) is 1. The van der Waals surface area contributed by atoms with Crippen LogP contribution in [0.4, 0.5) is 10.5 Å². The number of aryl methyl sites for hydroxylation is 1. The molecule has 2 heterocycles. The molecule has 1 aromatic heterocycles. The third-order valence-corrected chi connectivity index (χ3v) is 8.71. The summed E-state index contributed by atoms with van der Waals surface area (Å²) < 4.78 is 24.7. The number of H-pyrrole nitrogens is 1. The number of fused-ring (bicyclic) bond motifs is 1. The van der Waals surface area contributed by atoms with Crippen molar-refractivity contribution in [3.63, 3.8) is 0 Å². The smallest absolute Gasteiger partial charge is 0.319 e. The average Bonchev–Trinajstić information content (AvgIpc) is 3.55. The Hall–Kier alpha value is -4.58. The fraction of sp³-hybridized carbons (Fsp3) is 0.250. The lowest BCUT2D eigenvalue weighted by Crippen LogP contribution is -2.33. The number of tetrazole rings is 1. The van der Waals surface area contributed by atoms with Crippen molar-refractivity contribution in [1.29, 1.82) is 0 Å². The van der Waals surface area contributed by atoms with Crippen LogP contribution in [0.25, 0.3) is 11.4 Å². The van der Waals surface area contributed by atoms with Crippen LogP contribution in [0, 0.1) is 0 Å². The van der Waals surface area contributed by atoms with E-state index in [0.29, 0.717) is 23.2 Å². The molecule has 3 amide bonds. The number of nitrogens with one attached hydrogen (secondary N) is 3. The molecule has 40 heavy (non-hydrogen) atoms. The molecule has 3 aromatic carbocycles. The van der Waals surface area contributed by atoms with Gasteiger partial charge in [-0.05, 0) is 63.6 Å². The Labute approximate surface area is 231 Å². The number of nitrogens with zero attached hydrogens (tertiary/aromatic N) is 3. The maximum Gasteiger partial charge on any atom is 0.319 e. The van der Waals surface area contributed by atoms with Gasteiger partial charge in [-0.15, -0.1) is 10.2 Å². The Morgan fingerprint density at radius 2 is 1.73 bits per heavy atom. The molecule has 0 saturated carbocycles. The second kappa shape index (κ2) is 10.2. The van der Waals surface area contributed by atoms with Crippen molar-refractivity contribution < 1.29 is 18.0 Å². The Balaban J connectivity index is 1.51. The number of carbonyl (C=O) groups excluding carboxylic acids is 2. The average molecular weight is 560 g/mol. The van der Waals surface area contributed by atoms with Gasteiger partial charge in [-0.1, -0.05) is 57.2 Å². The van der Waals surface area contributed by atoms with Crippen molar-refractivity contribution in [2.75, 3.05) is 11.1 Å². The fourth-order valence-corrected chi connectivity index (χ4v) is 6.32. The summed E-state index contributed by atoms with van der Waals surface area (Å²) in [5, 5.41) is 19.7. The van der Waals surface area contributed by atoms with Crippen molar-refractivity contribution in [1.82, 2.24) is 25.9 Å². The van der Waals surface area contributed by atoms with E-state index >= 15 is 0 Å². The Morgan fingerprint density at radius 1 is 1.00 bits per heavy atom. The Bertz CT molecular complexity index is 1690. The second-order valence-electron chi connectivity index (χ2n) is 10.7. The highest BCUT2D eigenvalue weighted by Gasteiger charge is 2.27. The molecular formula is C28H29N7O4S. The Kier molecular flexibility index (Phi) is 6.88. The molecule has 0 fully saturated rings. The number of anilines is 1. The van der Waals surface area contributed by atoms with Crippen molar-refractivity contribution >= 4 is 27.5 Å². The SMILES string of the molecule is CC(C)(C)c1ccc(C(NC(=O)Nc2ccc3c(c2)S(=O)(=O)CC3)c2ccc(C(N)=O)c(-c3nn[nH]n3)c2)cc1. The number of benzene rings is 3. The van der Waals surface area contributed by atoms with Crippen LogP contribution in [0.15, 0.2) is 65.6 Å².